The highest BCUT2D eigenvalue weighted by atomic mass is 16.5. The van der Waals surface area contributed by atoms with Crippen LogP contribution in [0.15, 0.2) is 12.3 Å². The molecule has 0 amide bonds. The Labute approximate surface area is 108 Å². The van der Waals surface area contributed by atoms with Gasteiger partial charge in [0.15, 0.2) is 0 Å². The lowest BCUT2D eigenvalue weighted by Gasteiger charge is -2.08. The van der Waals surface area contributed by atoms with Gasteiger partial charge in [-0.3, -0.25) is 9.48 Å². The van der Waals surface area contributed by atoms with Crippen LogP contribution in [0, 0.1) is 0 Å². The third-order valence-corrected chi connectivity index (χ3v) is 3.54. The van der Waals surface area contributed by atoms with E-state index in [2.05, 4.69) is 5.10 Å². The Morgan fingerprint density at radius 3 is 3.00 bits per heavy atom. The highest BCUT2D eigenvalue weighted by Gasteiger charge is 2.17. The Morgan fingerprint density at radius 1 is 1.50 bits per heavy atom. The smallest absolute Gasteiger partial charge is 0.139 e. The van der Waals surface area contributed by atoms with Gasteiger partial charge < -0.3 is 4.74 Å². The number of methoxy groups -OCH3 is 1. The SMILES string of the molecule is COCCCC(=O)Cc1ccn(C2CCCC2)n1. The van der Waals surface area contributed by atoms with E-state index in [9.17, 15) is 4.79 Å². The van der Waals surface area contributed by atoms with Crippen LogP contribution in [0.3, 0.4) is 0 Å². The van der Waals surface area contributed by atoms with Gasteiger partial charge in [0, 0.05) is 26.3 Å². The predicted octanol–water partition coefficient (Wildman–Crippen LogP) is 2.54. The Morgan fingerprint density at radius 2 is 2.28 bits per heavy atom. The molecule has 4 nitrogen and oxygen atoms in total. The maximum Gasteiger partial charge on any atom is 0.139 e. The van der Waals surface area contributed by atoms with Gasteiger partial charge in [0.1, 0.15) is 5.78 Å². The van der Waals surface area contributed by atoms with Crippen molar-refractivity contribution in [3.8, 4) is 0 Å². The molecule has 0 N–H and O–H groups in total. The molecule has 18 heavy (non-hydrogen) atoms. The third kappa shape index (κ3) is 3.67. The van der Waals surface area contributed by atoms with Crippen LogP contribution in [0.1, 0.15) is 50.3 Å². The zero-order valence-electron chi connectivity index (χ0n) is 11.1. The van der Waals surface area contributed by atoms with Gasteiger partial charge in [0.05, 0.1) is 18.2 Å². The first kappa shape index (κ1) is 13.3. The van der Waals surface area contributed by atoms with E-state index in [1.807, 2.05) is 16.9 Å². The molecule has 4 heteroatoms. The summed E-state index contributed by atoms with van der Waals surface area (Å²) in [7, 11) is 1.66. The molecule has 0 aliphatic heterocycles. The van der Waals surface area contributed by atoms with Crippen LogP contribution in [0.2, 0.25) is 0 Å². The third-order valence-electron chi connectivity index (χ3n) is 3.54. The van der Waals surface area contributed by atoms with Crippen LogP contribution in [0.25, 0.3) is 0 Å². The van der Waals surface area contributed by atoms with Crippen LogP contribution in [0.5, 0.6) is 0 Å². The topological polar surface area (TPSA) is 44.1 Å². The summed E-state index contributed by atoms with van der Waals surface area (Å²) in [6.07, 6.45) is 8.93. The Kier molecular flexibility index (Phi) is 4.93. The maximum atomic E-state index is 11.7. The van der Waals surface area contributed by atoms with Crippen LogP contribution >= 0.6 is 0 Å². The molecule has 1 fully saturated rings. The second kappa shape index (κ2) is 6.69. The summed E-state index contributed by atoms with van der Waals surface area (Å²) in [5, 5.41) is 4.53. The van der Waals surface area contributed by atoms with Crippen molar-refractivity contribution < 1.29 is 9.53 Å². The van der Waals surface area contributed by atoms with E-state index in [1.165, 1.54) is 25.7 Å². The number of carbonyl (C=O) groups is 1. The molecule has 0 spiro atoms. The molecule has 0 saturated heterocycles. The molecular formula is C14H22N2O2. The van der Waals surface area contributed by atoms with E-state index in [1.54, 1.807) is 7.11 Å². The first-order valence-electron chi connectivity index (χ1n) is 6.84. The standard InChI is InChI=1S/C14H22N2O2/c1-18-10-4-7-14(17)11-12-8-9-16(15-12)13-5-2-3-6-13/h8-9,13H,2-7,10-11H2,1H3. The van der Waals surface area contributed by atoms with Crippen molar-refractivity contribution in [1.29, 1.82) is 0 Å². The molecule has 0 unspecified atom stereocenters. The van der Waals surface area contributed by atoms with Crippen LogP contribution in [-0.2, 0) is 16.0 Å². The fourth-order valence-electron chi connectivity index (χ4n) is 2.55. The van der Waals surface area contributed by atoms with Crippen LogP contribution in [-0.4, -0.2) is 29.3 Å². The van der Waals surface area contributed by atoms with Gasteiger partial charge in [-0.1, -0.05) is 12.8 Å². The first-order chi connectivity index (χ1) is 8.79. The Hall–Kier alpha value is -1.16. The second-order valence-corrected chi connectivity index (χ2v) is 5.04. The van der Waals surface area contributed by atoms with Gasteiger partial charge >= 0.3 is 0 Å². The number of ketones is 1. The molecule has 0 bridgehead atoms. The van der Waals surface area contributed by atoms with E-state index in [0.717, 1.165) is 12.1 Å². The molecule has 1 saturated carbocycles. The maximum absolute atomic E-state index is 11.7. The average molecular weight is 250 g/mol. The van der Waals surface area contributed by atoms with Gasteiger partial charge in [-0.2, -0.15) is 5.10 Å². The number of carbonyl (C=O) groups excluding carboxylic acids is 1. The van der Waals surface area contributed by atoms with E-state index in [-0.39, 0.29) is 5.78 Å². The molecule has 0 aromatic carbocycles. The summed E-state index contributed by atoms with van der Waals surface area (Å²) in [6, 6.07) is 2.54. The van der Waals surface area contributed by atoms with Gasteiger partial charge in [-0.05, 0) is 25.3 Å². The lowest BCUT2D eigenvalue weighted by atomic mass is 10.1. The van der Waals surface area contributed by atoms with Crippen molar-refractivity contribution in [3.63, 3.8) is 0 Å². The molecule has 0 atom stereocenters. The highest BCUT2D eigenvalue weighted by Crippen LogP contribution is 2.28. The minimum Gasteiger partial charge on any atom is -0.385 e. The van der Waals surface area contributed by atoms with E-state index < -0.39 is 0 Å². The minimum atomic E-state index is 0.253. The zero-order valence-corrected chi connectivity index (χ0v) is 11.1. The van der Waals surface area contributed by atoms with Gasteiger partial charge in [0.2, 0.25) is 0 Å². The Bertz CT molecular complexity index is 381. The zero-order chi connectivity index (χ0) is 12.8. The highest BCUT2D eigenvalue weighted by molar-refractivity contribution is 5.80. The van der Waals surface area contributed by atoms with Crippen molar-refractivity contribution in [1.82, 2.24) is 9.78 Å². The van der Waals surface area contributed by atoms with E-state index in [4.69, 9.17) is 4.74 Å². The Balaban J connectivity index is 1.80. The fraction of sp³-hybridized carbons (Fsp3) is 0.714. The second-order valence-electron chi connectivity index (χ2n) is 5.04. The molecular weight excluding hydrogens is 228 g/mol. The number of hydrogen-bond donors (Lipinski definition) is 0. The largest absolute Gasteiger partial charge is 0.385 e. The lowest BCUT2D eigenvalue weighted by Crippen LogP contribution is -2.08. The van der Waals surface area contributed by atoms with Gasteiger partial charge in [0.25, 0.3) is 0 Å². The van der Waals surface area contributed by atoms with Crippen LogP contribution < -0.4 is 0 Å². The number of nitrogens with zero attached hydrogens (tertiary/aromatic N) is 2. The summed E-state index contributed by atoms with van der Waals surface area (Å²) in [5.41, 5.74) is 0.907. The lowest BCUT2D eigenvalue weighted by molar-refractivity contribution is -0.118. The van der Waals surface area contributed by atoms with Crippen LogP contribution in [0.4, 0.5) is 0 Å². The quantitative estimate of drug-likeness (QED) is 0.698. The summed E-state index contributed by atoms with van der Waals surface area (Å²) in [5.74, 6) is 0.253. The average Bonchev–Trinajstić information content (AvgIpc) is 2.98. The van der Waals surface area contributed by atoms with Crippen molar-refractivity contribution in [2.24, 2.45) is 0 Å². The number of ether oxygens (including phenoxy) is 1. The van der Waals surface area contributed by atoms with Crippen molar-refractivity contribution in [3.05, 3.63) is 18.0 Å². The van der Waals surface area contributed by atoms with Crippen molar-refractivity contribution in [2.75, 3.05) is 13.7 Å². The minimum absolute atomic E-state index is 0.253. The van der Waals surface area contributed by atoms with Crippen molar-refractivity contribution in [2.45, 2.75) is 51.0 Å². The number of aromatic nitrogens is 2. The predicted molar refractivity (Wildman–Crippen MR) is 69.6 cm³/mol. The van der Waals surface area contributed by atoms with Gasteiger partial charge in [-0.15, -0.1) is 0 Å². The molecule has 1 aromatic heterocycles. The molecule has 100 valence electrons. The molecule has 0 radical (unpaired) electrons. The monoisotopic (exact) mass is 250 g/mol. The summed E-state index contributed by atoms with van der Waals surface area (Å²) in [6.45, 7) is 0.655. The van der Waals surface area contributed by atoms with E-state index in [0.29, 0.717) is 25.5 Å². The molecule has 1 heterocycles. The molecule has 2 rings (SSSR count). The molecule has 1 aliphatic rings. The number of hydrogen-bond acceptors (Lipinski definition) is 3. The van der Waals surface area contributed by atoms with Crippen molar-refractivity contribution >= 4 is 5.78 Å². The van der Waals surface area contributed by atoms with E-state index >= 15 is 0 Å². The number of rotatable bonds is 7. The summed E-state index contributed by atoms with van der Waals surface area (Å²) in [4.78, 5) is 11.7. The summed E-state index contributed by atoms with van der Waals surface area (Å²) >= 11 is 0. The molecule has 1 aliphatic carbocycles. The first-order valence-corrected chi connectivity index (χ1v) is 6.84. The number of Topliss-reactive ketones (excluding diaryl/α,β-unsaturated/α-hetero) is 1. The summed E-state index contributed by atoms with van der Waals surface area (Å²) < 4.78 is 6.99. The fourth-order valence-corrected chi connectivity index (χ4v) is 2.55. The van der Waals surface area contributed by atoms with Gasteiger partial charge in [-0.25, -0.2) is 0 Å². The molecule has 1 aromatic rings. The normalized spacial score (nSPS) is 16.3.